The predicted molar refractivity (Wildman–Crippen MR) is 66.7 cm³/mol. The number of aryl methyl sites for hydroxylation is 3. The molecule has 1 heterocycles. The summed E-state index contributed by atoms with van der Waals surface area (Å²) in [6.07, 6.45) is -1.17. The zero-order valence-electron chi connectivity index (χ0n) is 10.3. The van der Waals surface area contributed by atoms with Crippen molar-refractivity contribution in [2.75, 3.05) is 0 Å². The molecule has 0 radical (unpaired) electrons. The first kappa shape index (κ1) is 13.1. The van der Waals surface area contributed by atoms with Crippen LogP contribution in [0.5, 0.6) is 0 Å². The van der Waals surface area contributed by atoms with Crippen molar-refractivity contribution in [3.8, 4) is 0 Å². The van der Waals surface area contributed by atoms with Crippen LogP contribution in [-0.2, 0) is 0 Å². The van der Waals surface area contributed by atoms with Gasteiger partial charge < -0.3 is 5.11 Å². The van der Waals surface area contributed by atoms with Gasteiger partial charge in [0.2, 0.25) is 0 Å². The monoisotopic (exact) mass is 269 g/mol. The first-order valence-corrected chi connectivity index (χ1v) is 6.30. The Morgan fingerprint density at radius 3 is 2.39 bits per heavy atom. The maximum atomic E-state index is 13.8. The average Bonchev–Trinajstić information content (AvgIpc) is 2.65. The van der Waals surface area contributed by atoms with E-state index in [1.165, 1.54) is 30.4 Å². The maximum Gasteiger partial charge on any atom is 0.165 e. The fraction of sp³-hybridized carbons (Fsp3) is 0.308. The molecule has 0 saturated carbocycles. The van der Waals surface area contributed by atoms with E-state index in [1.807, 2.05) is 0 Å². The topological polar surface area (TPSA) is 33.1 Å². The number of aliphatic hydroxyl groups is 1. The Bertz CT molecular complexity index is 595. The van der Waals surface area contributed by atoms with Crippen molar-refractivity contribution in [1.29, 1.82) is 0 Å². The number of hydrogen-bond acceptors (Lipinski definition) is 3. The molecule has 0 spiro atoms. The van der Waals surface area contributed by atoms with Crippen LogP contribution in [0.3, 0.4) is 0 Å². The van der Waals surface area contributed by atoms with E-state index in [4.69, 9.17) is 0 Å². The minimum Gasteiger partial charge on any atom is -0.383 e. The molecule has 1 atom stereocenters. The van der Waals surface area contributed by atoms with Crippen molar-refractivity contribution >= 4 is 11.3 Å². The largest absolute Gasteiger partial charge is 0.383 e. The molecule has 0 amide bonds. The molecular formula is C13H13F2NOS. The first-order chi connectivity index (χ1) is 8.41. The van der Waals surface area contributed by atoms with Gasteiger partial charge in [-0.05, 0) is 26.3 Å². The number of benzene rings is 1. The van der Waals surface area contributed by atoms with E-state index in [1.54, 1.807) is 13.8 Å². The van der Waals surface area contributed by atoms with Gasteiger partial charge >= 0.3 is 0 Å². The van der Waals surface area contributed by atoms with Gasteiger partial charge in [0.1, 0.15) is 6.10 Å². The maximum absolute atomic E-state index is 13.8. The van der Waals surface area contributed by atoms with Gasteiger partial charge in [0.05, 0.1) is 15.6 Å². The number of hydrogen-bond donors (Lipinski definition) is 1. The molecule has 0 aliphatic rings. The van der Waals surface area contributed by atoms with E-state index >= 15 is 0 Å². The summed E-state index contributed by atoms with van der Waals surface area (Å²) < 4.78 is 27.3. The van der Waals surface area contributed by atoms with Crippen LogP contribution in [0.15, 0.2) is 12.1 Å². The summed E-state index contributed by atoms with van der Waals surface area (Å²) in [5.74, 6) is -1.90. The molecule has 1 N–H and O–H groups in total. The van der Waals surface area contributed by atoms with Gasteiger partial charge in [-0.15, -0.1) is 11.3 Å². The van der Waals surface area contributed by atoms with Crippen molar-refractivity contribution in [1.82, 2.24) is 4.98 Å². The second-order valence-electron chi connectivity index (χ2n) is 4.18. The Morgan fingerprint density at radius 1 is 1.17 bits per heavy atom. The van der Waals surface area contributed by atoms with Gasteiger partial charge in [0.15, 0.2) is 11.6 Å². The summed E-state index contributed by atoms with van der Waals surface area (Å²) in [6.45, 7) is 5.03. The van der Waals surface area contributed by atoms with Crippen LogP contribution in [0.25, 0.3) is 0 Å². The predicted octanol–water partition coefficient (Wildman–Crippen LogP) is 3.43. The molecule has 1 unspecified atom stereocenters. The molecule has 2 nitrogen and oxygen atoms in total. The molecule has 0 aliphatic heterocycles. The second kappa shape index (κ2) is 4.74. The Balaban J connectivity index is 2.49. The molecule has 0 fully saturated rings. The minimum atomic E-state index is -1.17. The van der Waals surface area contributed by atoms with Crippen LogP contribution in [0.1, 0.15) is 32.8 Å². The van der Waals surface area contributed by atoms with Crippen molar-refractivity contribution in [3.63, 3.8) is 0 Å². The van der Waals surface area contributed by atoms with Crippen LogP contribution in [0.2, 0.25) is 0 Å². The van der Waals surface area contributed by atoms with Gasteiger partial charge in [-0.3, -0.25) is 0 Å². The van der Waals surface area contributed by atoms with E-state index in [0.29, 0.717) is 10.6 Å². The molecule has 5 heteroatoms. The van der Waals surface area contributed by atoms with Crippen molar-refractivity contribution in [2.45, 2.75) is 26.9 Å². The van der Waals surface area contributed by atoms with Crippen molar-refractivity contribution < 1.29 is 13.9 Å². The van der Waals surface area contributed by atoms with E-state index < -0.39 is 17.7 Å². The summed E-state index contributed by atoms with van der Waals surface area (Å²) in [6, 6.07) is 2.87. The minimum absolute atomic E-state index is 0.0511. The third kappa shape index (κ3) is 2.15. The molecule has 18 heavy (non-hydrogen) atoms. The molecule has 2 aromatic rings. The van der Waals surface area contributed by atoms with E-state index in [9.17, 15) is 13.9 Å². The van der Waals surface area contributed by atoms with Crippen molar-refractivity contribution in [2.24, 2.45) is 0 Å². The molecule has 0 bridgehead atoms. The highest BCUT2D eigenvalue weighted by Crippen LogP contribution is 2.32. The zero-order chi connectivity index (χ0) is 13.4. The summed E-state index contributed by atoms with van der Waals surface area (Å²) in [5.41, 5.74) is 0.816. The molecule has 2 rings (SSSR count). The van der Waals surface area contributed by atoms with Crippen LogP contribution in [0.4, 0.5) is 8.78 Å². The fourth-order valence-electron chi connectivity index (χ4n) is 1.81. The lowest BCUT2D eigenvalue weighted by Gasteiger charge is -2.12. The Labute approximate surface area is 108 Å². The Kier molecular flexibility index (Phi) is 3.45. The van der Waals surface area contributed by atoms with Gasteiger partial charge in [-0.1, -0.05) is 12.1 Å². The fourth-order valence-corrected chi connectivity index (χ4v) is 2.75. The number of nitrogens with zero attached hydrogens (tertiary/aromatic N) is 1. The number of thiazole rings is 1. The smallest absolute Gasteiger partial charge is 0.165 e. The van der Waals surface area contributed by atoms with Crippen LogP contribution < -0.4 is 0 Å². The number of rotatable bonds is 2. The quantitative estimate of drug-likeness (QED) is 0.906. The lowest BCUT2D eigenvalue weighted by molar-refractivity contribution is 0.216. The van der Waals surface area contributed by atoms with Gasteiger partial charge in [0.25, 0.3) is 0 Å². The second-order valence-corrected chi connectivity index (χ2v) is 5.42. The standard InChI is InChI=1S/C13H13F2NOS/c1-6-4-5-9(11(15)10(6)14)12(17)13-7(2)16-8(3)18-13/h4-5,12,17H,1-3H3. The highest BCUT2D eigenvalue weighted by molar-refractivity contribution is 7.11. The zero-order valence-corrected chi connectivity index (χ0v) is 11.1. The van der Waals surface area contributed by atoms with Crippen LogP contribution in [0, 0.1) is 32.4 Å². The summed E-state index contributed by atoms with van der Waals surface area (Å²) in [5, 5.41) is 10.9. The van der Waals surface area contributed by atoms with E-state index in [0.717, 1.165) is 5.01 Å². The van der Waals surface area contributed by atoms with Crippen LogP contribution in [-0.4, -0.2) is 10.1 Å². The normalized spacial score (nSPS) is 12.8. The molecule has 1 aromatic heterocycles. The number of aromatic nitrogens is 1. The molecule has 0 aliphatic carbocycles. The average molecular weight is 269 g/mol. The molecule has 0 saturated heterocycles. The third-order valence-electron chi connectivity index (χ3n) is 2.79. The van der Waals surface area contributed by atoms with Crippen molar-refractivity contribution in [3.05, 3.63) is 50.5 Å². The Hall–Kier alpha value is -1.33. The van der Waals surface area contributed by atoms with Crippen LogP contribution >= 0.6 is 11.3 Å². The lowest BCUT2D eigenvalue weighted by Crippen LogP contribution is -2.05. The first-order valence-electron chi connectivity index (χ1n) is 5.48. The summed E-state index contributed by atoms with van der Waals surface area (Å²) >= 11 is 1.29. The molecule has 96 valence electrons. The van der Waals surface area contributed by atoms with Gasteiger partial charge in [-0.2, -0.15) is 0 Å². The number of halogens is 2. The van der Waals surface area contributed by atoms with E-state index in [2.05, 4.69) is 4.98 Å². The van der Waals surface area contributed by atoms with Gasteiger partial charge in [-0.25, -0.2) is 13.8 Å². The number of aliphatic hydroxyl groups excluding tert-OH is 1. The van der Waals surface area contributed by atoms with E-state index in [-0.39, 0.29) is 11.1 Å². The Morgan fingerprint density at radius 2 is 1.83 bits per heavy atom. The highest BCUT2D eigenvalue weighted by Gasteiger charge is 2.22. The SMILES string of the molecule is Cc1nc(C)c(C(O)c2ccc(C)c(F)c2F)s1. The van der Waals surface area contributed by atoms with Gasteiger partial charge in [0, 0.05) is 5.56 Å². The highest BCUT2D eigenvalue weighted by atomic mass is 32.1. The molecule has 1 aromatic carbocycles. The summed E-state index contributed by atoms with van der Waals surface area (Å²) in [4.78, 5) is 4.72. The third-order valence-corrected chi connectivity index (χ3v) is 3.91. The lowest BCUT2D eigenvalue weighted by atomic mass is 10.0. The molecular weight excluding hydrogens is 256 g/mol. The summed E-state index contributed by atoms with van der Waals surface area (Å²) in [7, 11) is 0.